The van der Waals surface area contributed by atoms with Crippen molar-refractivity contribution in [2.45, 2.75) is 26.2 Å². The zero-order valence-electron chi connectivity index (χ0n) is 9.71. The summed E-state index contributed by atoms with van der Waals surface area (Å²) in [6.45, 7) is 2.81. The molecule has 0 aliphatic carbocycles. The lowest BCUT2D eigenvalue weighted by Crippen LogP contribution is -2.06. The van der Waals surface area contributed by atoms with Gasteiger partial charge in [0.05, 0.1) is 6.61 Å². The zero-order valence-corrected chi connectivity index (χ0v) is 9.71. The molecule has 84 valence electrons. The minimum atomic E-state index is 0.665. The third-order valence-electron chi connectivity index (χ3n) is 2.12. The number of rotatable bonds is 6. The van der Waals surface area contributed by atoms with E-state index in [4.69, 9.17) is 4.74 Å². The Hall–Kier alpha value is -1.16. The lowest BCUT2D eigenvalue weighted by molar-refractivity contribution is 0.200. The molecule has 0 saturated carbocycles. The molecule has 0 radical (unpaired) electrons. The molecule has 1 N–H and O–H groups in total. The predicted octanol–water partition coefficient (Wildman–Crippen LogP) is 1.66. The molecule has 1 heterocycles. The highest BCUT2D eigenvalue weighted by Crippen LogP contribution is 2.08. The highest BCUT2D eigenvalue weighted by molar-refractivity contribution is 5.35. The SMILES string of the molecule is CCCc1cc(NC)nc(CCOC)n1. The zero-order chi connectivity index (χ0) is 11.1. The summed E-state index contributed by atoms with van der Waals surface area (Å²) in [5.74, 6) is 1.74. The van der Waals surface area contributed by atoms with Gasteiger partial charge in [-0.1, -0.05) is 13.3 Å². The van der Waals surface area contributed by atoms with E-state index in [9.17, 15) is 0 Å². The number of anilines is 1. The van der Waals surface area contributed by atoms with Crippen LogP contribution in [-0.2, 0) is 17.6 Å². The molecule has 1 rings (SSSR count). The van der Waals surface area contributed by atoms with E-state index in [-0.39, 0.29) is 0 Å². The van der Waals surface area contributed by atoms with Crippen molar-refractivity contribution >= 4 is 5.82 Å². The second-order valence-corrected chi connectivity index (χ2v) is 3.40. The van der Waals surface area contributed by atoms with Gasteiger partial charge < -0.3 is 10.1 Å². The standard InChI is InChI=1S/C11H19N3O/c1-4-5-9-8-11(12-2)14-10(13-9)6-7-15-3/h8H,4-7H2,1-3H3,(H,12,13,14). The average Bonchev–Trinajstić information content (AvgIpc) is 2.26. The molecule has 1 aromatic heterocycles. The Morgan fingerprint density at radius 3 is 2.73 bits per heavy atom. The number of nitrogens with one attached hydrogen (secondary N) is 1. The van der Waals surface area contributed by atoms with Gasteiger partial charge in [-0.3, -0.25) is 0 Å². The molecular formula is C11H19N3O. The van der Waals surface area contributed by atoms with Crippen molar-refractivity contribution in [3.05, 3.63) is 17.6 Å². The van der Waals surface area contributed by atoms with Gasteiger partial charge in [-0.25, -0.2) is 9.97 Å². The predicted molar refractivity (Wildman–Crippen MR) is 61.2 cm³/mol. The molecule has 0 unspecified atom stereocenters. The summed E-state index contributed by atoms with van der Waals surface area (Å²) >= 11 is 0. The van der Waals surface area contributed by atoms with Crippen LogP contribution in [-0.4, -0.2) is 30.7 Å². The lowest BCUT2D eigenvalue weighted by Gasteiger charge is -2.06. The maximum Gasteiger partial charge on any atom is 0.133 e. The molecule has 1 aromatic rings. The van der Waals surface area contributed by atoms with Gasteiger partial charge in [0.1, 0.15) is 11.6 Å². The first-order valence-electron chi connectivity index (χ1n) is 5.33. The van der Waals surface area contributed by atoms with Gasteiger partial charge in [-0.2, -0.15) is 0 Å². The highest BCUT2D eigenvalue weighted by Gasteiger charge is 2.03. The van der Waals surface area contributed by atoms with Gasteiger partial charge in [0, 0.05) is 32.3 Å². The van der Waals surface area contributed by atoms with Gasteiger partial charge in [0.2, 0.25) is 0 Å². The van der Waals surface area contributed by atoms with Gasteiger partial charge in [-0.05, 0) is 6.42 Å². The van der Waals surface area contributed by atoms with Crippen molar-refractivity contribution in [1.29, 1.82) is 0 Å². The van der Waals surface area contributed by atoms with Crippen LogP contribution in [0.15, 0.2) is 6.07 Å². The van der Waals surface area contributed by atoms with Crippen LogP contribution in [0, 0.1) is 0 Å². The van der Waals surface area contributed by atoms with Gasteiger partial charge in [0.15, 0.2) is 0 Å². The first-order valence-corrected chi connectivity index (χ1v) is 5.33. The number of aromatic nitrogens is 2. The van der Waals surface area contributed by atoms with Crippen LogP contribution in [0.3, 0.4) is 0 Å². The summed E-state index contributed by atoms with van der Waals surface area (Å²) in [4.78, 5) is 8.85. The second kappa shape index (κ2) is 6.35. The highest BCUT2D eigenvalue weighted by atomic mass is 16.5. The molecular weight excluding hydrogens is 190 g/mol. The Kier molecular flexibility index (Phi) is 5.04. The van der Waals surface area contributed by atoms with Crippen molar-refractivity contribution in [2.24, 2.45) is 0 Å². The first kappa shape index (κ1) is 11.9. The summed E-state index contributed by atoms with van der Waals surface area (Å²) in [6, 6.07) is 2.00. The molecule has 0 saturated heterocycles. The first-order chi connectivity index (χ1) is 7.30. The van der Waals surface area contributed by atoms with Crippen LogP contribution in [0.1, 0.15) is 24.9 Å². The third kappa shape index (κ3) is 3.83. The third-order valence-corrected chi connectivity index (χ3v) is 2.12. The molecule has 0 spiro atoms. The average molecular weight is 209 g/mol. The number of hydrogen-bond donors (Lipinski definition) is 1. The van der Waals surface area contributed by atoms with Crippen LogP contribution >= 0.6 is 0 Å². The van der Waals surface area contributed by atoms with Crippen molar-refractivity contribution < 1.29 is 4.74 Å². The van der Waals surface area contributed by atoms with Crippen LogP contribution < -0.4 is 5.32 Å². The summed E-state index contributed by atoms with van der Waals surface area (Å²) in [6.07, 6.45) is 2.86. The largest absolute Gasteiger partial charge is 0.384 e. The number of hydrogen-bond acceptors (Lipinski definition) is 4. The topological polar surface area (TPSA) is 47.0 Å². The van der Waals surface area contributed by atoms with Gasteiger partial charge in [-0.15, -0.1) is 0 Å². The summed E-state index contributed by atoms with van der Waals surface area (Å²) in [7, 11) is 3.56. The van der Waals surface area contributed by atoms with Crippen LogP contribution in [0.4, 0.5) is 5.82 Å². The van der Waals surface area contributed by atoms with E-state index in [1.54, 1.807) is 7.11 Å². The number of ether oxygens (including phenoxy) is 1. The lowest BCUT2D eigenvalue weighted by atomic mass is 10.2. The smallest absolute Gasteiger partial charge is 0.133 e. The Morgan fingerprint density at radius 2 is 2.13 bits per heavy atom. The van der Waals surface area contributed by atoms with Crippen molar-refractivity contribution in [2.75, 3.05) is 26.1 Å². The van der Waals surface area contributed by atoms with E-state index in [2.05, 4.69) is 22.2 Å². The Morgan fingerprint density at radius 1 is 1.33 bits per heavy atom. The molecule has 4 heteroatoms. The van der Waals surface area contributed by atoms with E-state index in [0.29, 0.717) is 6.61 Å². The summed E-state index contributed by atoms with van der Waals surface area (Å²) in [5.41, 5.74) is 1.10. The Labute approximate surface area is 91.1 Å². The fraction of sp³-hybridized carbons (Fsp3) is 0.636. The monoisotopic (exact) mass is 209 g/mol. The quantitative estimate of drug-likeness (QED) is 0.774. The normalized spacial score (nSPS) is 10.3. The van der Waals surface area contributed by atoms with Crippen molar-refractivity contribution in [1.82, 2.24) is 9.97 Å². The van der Waals surface area contributed by atoms with Crippen molar-refractivity contribution in [3.63, 3.8) is 0 Å². The minimum absolute atomic E-state index is 0.665. The molecule has 0 aliphatic heterocycles. The van der Waals surface area contributed by atoms with Crippen molar-refractivity contribution in [3.8, 4) is 0 Å². The fourth-order valence-electron chi connectivity index (χ4n) is 1.37. The molecule has 0 fully saturated rings. The van der Waals surface area contributed by atoms with Gasteiger partial charge >= 0.3 is 0 Å². The number of methoxy groups -OCH3 is 1. The minimum Gasteiger partial charge on any atom is -0.384 e. The Balaban J connectivity index is 2.79. The van der Waals surface area contributed by atoms with Gasteiger partial charge in [0.25, 0.3) is 0 Å². The molecule has 0 atom stereocenters. The molecule has 0 aromatic carbocycles. The number of aryl methyl sites for hydroxylation is 1. The molecule has 0 aliphatic rings. The summed E-state index contributed by atoms with van der Waals surface area (Å²) < 4.78 is 5.02. The van der Waals surface area contributed by atoms with E-state index in [0.717, 1.165) is 36.6 Å². The fourth-order valence-corrected chi connectivity index (χ4v) is 1.37. The van der Waals surface area contributed by atoms with E-state index >= 15 is 0 Å². The van der Waals surface area contributed by atoms with E-state index in [1.807, 2.05) is 13.1 Å². The van der Waals surface area contributed by atoms with Crippen LogP contribution in [0.5, 0.6) is 0 Å². The maximum absolute atomic E-state index is 5.02. The van der Waals surface area contributed by atoms with Crippen LogP contribution in [0.2, 0.25) is 0 Å². The molecule has 4 nitrogen and oxygen atoms in total. The van der Waals surface area contributed by atoms with E-state index in [1.165, 1.54) is 0 Å². The second-order valence-electron chi connectivity index (χ2n) is 3.40. The summed E-state index contributed by atoms with van der Waals surface area (Å²) in [5, 5.41) is 3.05. The number of nitrogens with zero attached hydrogens (tertiary/aromatic N) is 2. The maximum atomic E-state index is 5.02. The van der Waals surface area contributed by atoms with Crippen LogP contribution in [0.25, 0.3) is 0 Å². The molecule has 15 heavy (non-hydrogen) atoms. The Bertz CT molecular complexity index is 302. The molecule has 0 amide bonds. The van der Waals surface area contributed by atoms with E-state index < -0.39 is 0 Å². The molecule has 0 bridgehead atoms.